The maximum atomic E-state index is 6.12. The predicted octanol–water partition coefficient (Wildman–Crippen LogP) is 4.55. The molecule has 1 aromatic carbocycles. The van der Waals surface area contributed by atoms with Crippen molar-refractivity contribution in [3.8, 4) is 0 Å². The summed E-state index contributed by atoms with van der Waals surface area (Å²) in [5.41, 5.74) is 1.07. The molecular formula is C13H13BrClNO. The van der Waals surface area contributed by atoms with Gasteiger partial charge in [0, 0.05) is 16.0 Å². The Bertz CT molecular complexity index is 484. The molecule has 0 saturated carbocycles. The minimum absolute atomic E-state index is 0.167. The van der Waals surface area contributed by atoms with E-state index in [1.54, 1.807) is 6.26 Å². The summed E-state index contributed by atoms with van der Waals surface area (Å²) in [6.07, 6.45) is 1.68. The van der Waals surface area contributed by atoms with Gasteiger partial charge >= 0.3 is 0 Å². The van der Waals surface area contributed by atoms with Crippen LogP contribution in [0.25, 0.3) is 0 Å². The SMILES string of the molecule is C[C@H](NCc1cc(Br)ccc1Cl)c1ccco1. The van der Waals surface area contributed by atoms with E-state index in [0.717, 1.165) is 20.8 Å². The van der Waals surface area contributed by atoms with Crippen molar-refractivity contribution in [2.75, 3.05) is 0 Å². The van der Waals surface area contributed by atoms with Crippen molar-refractivity contribution in [3.05, 3.63) is 57.4 Å². The van der Waals surface area contributed by atoms with E-state index >= 15 is 0 Å². The maximum Gasteiger partial charge on any atom is 0.120 e. The van der Waals surface area contributed by atoms with Gasteiger partial charge in [0.1, 0.15) is 5.76 Å². The van der Waals surface area contributed by atoms with E-state index < -0.39 is 0 Å². The van der Waals surface area contributed by atoms with Crippen molar-refractivity contribution >= 4 is 27.5 Å². The van der Waals surface area contributed by atoms with Crippen LogP contribution >= 0.6 is 27.5 Å². The Morgan fingerprint density at radius 1 is 1.41 bits per heavy atom. The van der Waals surface area contributed by atoms with Crippen molar-refractivity contribution in [2.24, 2.45) is 0 Å². The summed E-state index contributed by atoms with van der Waals surface area (Å²) >= 11 is 9.56. The van der Waals surface area contributed by atoms with Gasteiger partial charge in [-0.15, -0.1) is 0 Å². The topological polar surface area (TPSA) is 25.2 Å². The van der Waals surface area contributed by atoms with Crippen molar-refractivity contribution in [1.29, 1.82) is 0 Å². The highest BCUT2D eigenvalue weighted by Crippen LogP contribution is 2.22. The first-order chi connectivity index (χ1) is 8.16. The molecule has 17 heavy (non-hydrogen) atoms. The average Bonchev–Trinajstić information content (AvgIpc) is 2.83. The molecule has 0 aliphatic carbocycles. The quantitative estimate of drug-likeness (QED) is 0.896. The van der Waals surface area contributed by atoms with Gasteiger partial charge in [0.15, 0.2) is 0 Å². The van der Waals surface area contributed by atoms with E-state index in [1.807, 2.05) is 30.3 Å². The zero-order valence-corrected chi connectivity index (χ0v) is 11.8. The normalized spacial score (nSPS) is 12.6. The molecule has 1 N–H and O–H groups in total. The number of halogens is 2. The lowest BCUT2D eigenvalue weighted by Crippen LogP contribution is -2.17. The van der Waals surface area contributed by atoms with Crippen LogP contribution in [0.2, 0.25) is 5.02 Å². The highest BCUT2D eigenvalue weighted by atomic mass is 79.9. The molecule has 0 spiro atoms. The van der Waals surface area contributed by atoms with Gasteiger partial charge in [-0.3, -0.25) is 0 Å². The summed E-state index contributed by atoms with van der Waals surface area (Å²) in [5, 5.41) is 4.14. The molecule has 0 radical (unpaired) electrons. The lowest BCUT2D eigenvalue weighted by molar-refractivity contribution is 0.430. The number of nitrogens with one attached hydrogen (secondary N) is 1. The molecule has 0 bridgehead atoms. The fourth-order valence-corrected chi connectivity index (χ4v) is 2.17. The number of benzene rings is 1. The highest BCUT2D eigenvalue weighted by Gasteiger charge is 2.08. The highest BCUT2D eigenvalue weighted by molar-refractivity contribution is 9.10. The molecule has 2 nitrogen and oxygen atoms in total. The first kappa shape index (κ1) is 12.7. The molecule has 0 amide bonds. The molecule has 0 fully saturated rings. The van der Waals surface area contributed by atoms with Crippen LogP contribution in [0.15, 0.2) is 45.5 Å². The fourth-order valence-electron chi connectivity index (χ4n) is 1.58. The first-order valence-corrected chi connectivity index (χ1v) is 6.54. The Labute approximate surface area is 114 Å². The van der Waals surface area contributed by atoms with Crippen LogP contribution in [0.3, 0.4) is 0 Å². The Morgan fingerprint density at radius 3 is 2.94 bits per heavy atom. The Kier molecular flexibility index (Phi) is 4.26. The van der Waals surface area contributed by atoms with Crippen LogP contribution in [0.4, 0.5) is 0 Å². The summed E-state index contributed by atoms with van der Waals surface area (Å²) in [6.45, 7) is 2.77. The average molecular weight is 315 g/mol. The Balaban J connectivity index is 2.00. The molecule has 1 atom stereocenters. The number of hydrogen-bond donors (Lipinski definition) is 1. The van der Waals surface area contributed by atoms with E-state index in [1.165, 1.54) is 0 Å². The maximum absolute atomic E-state index is 6.12. The van der Waals surface area contributed by atoms with Crippen LogP contribution in [0.5, 0.6) is 0 Å². The molecule has 4 heteroatoms. The van der Waals surface area contributed by atoms with Crippen LogP contribution in [0.1, 0.15) is 24.3 Å². The molecule has 2 aromatic rings. The number of furan rings is 1. The minimum Gasteiger partial charge on any atom is -0.468 e. The summed E-state index contributed by atoms with van der Waals surface area (Å²) in [6, 6.07) is 9.85. The lowest BCUT2D eigenvalue weighted by atomic mass is 10.2. The van der Waals surface area contributed by atoms with Gasteiger partial charge in [-0.1, -0.05) is 27.5 Å². The van der Waals surface area contributed by atoms with Crippen molar-refractivity contribution in [1.82, 2.24) is 5.32 Å². The molecular weight excluding hydrogens is 302 g/mol. The predicted molar refractivity (Wildman–Crippen MR) is 73.1 cm³/mol. The molecule has 2 rings (SSSR count). The van der Waals surface area contributed by atoms with Crippen LogP contribution in [-0.4, -0.2) is 0 Å². The van der Waals surface area contributed by atoms with E-state index in [0.29, 0.717) is 6.54 Å². The smallest absolute Gasteiger partial charge is 0.120 e. The monoisotopic (exact) mass is 313 g/mol. The van der Waals surface area contributed by atoms with Crippen molar-refractivity contribution in [3.63, 3.8) is 0 Å². The van der Waals surface area contributed by atoms with E-state index in [-0.39, 0.29) is 6.04 Å². The van der Waals surface area contributed by atoms with E-state index in [4.69, 9.17) is 16.0 Å². The Hall–Kier alpha value is -0.770. The van der Waals surface area contributed by atoms with E-state index in [9.17, 15) is 0 Å². The third-order valence-electron chi connectivity index (χ3n) is 2.58. The number of rotatable bonds is 4. The minimum atomic E-state index is 0.167. The van der Waals surface area contributed by atoms with Crippen LogP contribution < -0.4 is 5.32 Å². The summed E-state index contributed by atoms with van der Waals surface area (Å²) < 4.78 is 6.36. The molecule has 1 aromatic heterocycles. The van der Waals surface area contributed by atoms with Gasteiger partial charge in [0.2, 0.25) is 0 Å². The van der Waals surface area contributed by atoms with Crippen molar-refractivity contribution < 1.29 is 4.42 Å². The largest absolute Gasteiger partial charge is 0.468 e. The van der Waals surface area contributed by atoms with Gasteiger partial charge < -0.3 is 9.73 Å². The summed E-state index contributed by atoms with van der Waals surface area (Å²) in [7, 11) is 0. The lowest BCUT2D eigenvalue weighted by Gasteiger charge is -2.12. The second-order valence-electron chi connectivity index (χ2n) is 3.85. The second-order valence-corrected chi connectivity index (χ2v) is 5.18. The molecule has 0 aliphatic rings. The molecule has 0 unspecified atom stereocenters. The number of hydrogen-bond acceptors (Lipinski definition) is 2. The van der Waals surface area contributed by atoms with Gasteiger partial charge in [-0.2, -0.15) is 0 Å². The fraction of sp³-hybridized carbons (Fsp3) is 0.231. The summed E-state index contributed by atoms with van der Waals surface area (Å²) in [5.74, 6) is 0.927. The molecule has 0 aliphatic heterocycles. The second kappa shape index (κ2) is 5.71. The zero-order chi connectivity index (χ0) is 12.3. The Morgan fingerprint density at radius 2 is 2.24 bits per heavy atom. The van der Waals surface area contributed by atoms with Gasteiger partial charge in [-0.25, -0.2) is 0 Å². The van der Waals surface area contributed by atoms with Crippen LogP contribution in [-0.2, 0) is 6.54 Å². The summed E-state index contributed by atoms with van der Waals surface area (Å²) in [4.78, 5) is 0. The third kappa shape index (κ3) is 3.35. The third-order valence-corrected chi connectivity index (χ3v) is 3.44. The standard InChI is InChI=1S/C13H13BrClNO/c1-9(13-3-2-6-17-13)16-8-10-7-11(14)4-5-12(10)15/h2-7,9,16H,8H2,1H3/t9-/m0/s1. The van der Waals surface area contributed by atoms with Gasteiger partial charge in [-0.05, 0) is 42.8 Å². The van der Waals surface area contributed by atoms with Crippen molar-refractivity contribution in [2.45, 2.75) is 19.5 Å². The molecule has 0 saturated heterocycles. The van der Waals surface area contributed by atoms with Gasteiger partial charge in [0.25, 0.3) is 0 Å². The van der Waals surface area contributed by atoms with Crippen LogP contribution in [0, 0.1) is 0 Å². The first-order valence-electron chi connectivity index (χ1n) is 5.37. The molecule has 1 heterocycles. The zero-order valence-electron chi connectivity index (χ0n) is 9.41. The molecule has 90 valence electrons. The van der Waals surface area contributed by atoms with E-state index in [2.05, 4.69) is 28.2 Å². The van der Waals surface area contributed by atoms with Gasteiger partial charge in [0.05, 0.1) is 12.3 Å².